The Hall–Kier alpha value is -1.06. The summed E-state index contributed by atoms with van der Waals surface area (Å²) in [6.07, 6.45) is 3.28. The molecule has 1 aliphatic heterocycles. The van der Waals surface area contributed by atoms with Crippen LogP contribution in [0.5, 0.6) is 0 Å². The lowest BCUT2D eigenvalue weighted by molar-refractivity contribution is 0.272. The summed E-state index contributed by atoms with van der Waals surface area (Å²) in [7, 11) is 0. The second-order valence-corrected chi connectivity index (χ2v) is 5.70. The molecule has 1 saturated heterocycles. The quantitative estimate of drug-likeness (QED) is 0.776. The van der Waals surface area contributed by atoms with E-state index in [1.807, 2.05) is 22.6 Å². The number of imidazole rings is 1. The number of aromatic nitrogens is 2. The Morgan fingerprint density at radius 2 is 2.22 bits per heavy atom. The van der Waals surface area contributed by atoms with Gasteiger partial charge in [-0.25, -0.2) is 4.98 Å². The van der Waals surface area contributed by atoms with Crippen molar-refractivity contribution in [2.45, 2.75) is 32.2 Å². The Kier molecular flexibility index (Phi) is 3.04. The highest BCUT2D eigenvalue weighted by Gasteiger charge is 2.27. The molecule has 0 spiro atoms. The predicted molar refractivity (Wildman–Crippen MR) is 74.3 cm³/mol. The average molecular weight is 264 g/mol. The fourth-order valence-electron chi connectivity index (χ4n) is 2.69. The van der Waals surface area contributed by atoms with Crippen LogP contribution in [0.1, 0.15) is 31.9 Å². The maximum Gasteiger partial charge on any atom is 0.138 e. The fraction of sp³-hybridized carbons (Fsp3) is 0.500. The van der Waals surface area contributed by atoms with Crippen molar-refractivity contribution in [3.8, 4) is 0 Å². The van der Waals surface area contributed by atoms with E-state index in [1.165, 1.54) is 18.7 Å². The van der Waals surface area contributed by atoms with Crippen molar-refractivity contribution in [3.05, 3.63) is 35.2 Å². The SMILES string of the molecule is CC(C)N1CCC(c2cn3c(Cl)cccc3n2)C1. The first-order chi connectivity index (χ1) is 8.65. The molecule has 0 amide bonds. The van der Waals surface area contributed by atoms with Gasteiger partial charge in [0.1, 0.15) is 10.8 Å². The fourth-order valence-corrected chi connectivity index (χ4v) is 2.90. The molecule has 0 aromatic carbocycles. The summed E-state index contributed by atoms with van der Waals surface area (Å²) < 4.78 is 1.97. The van der Waals surface area contributed by atoms with Crippen LogP contribution in [0.4, 0.5) is 0 Å². The van der Waals surface area contributed by atoms with Gasteiger partial charge in [0, 0.05) is 24.7 Å². The molecular formula is C14H18ClN3. The van der Waals surface area contributed by atoms with Crippen molar-refractivity contribution in [1.29, 1.82) is 0 Å². The molecule has 3 heterocycles. The molecule has 2 aromatic rings. The standard InChI is InChI=1S/C14H18ClN3/c1-10(2)17-7-6-11(8-17)12-9-18-13(15)4-3-5-14(18)16-12/h3-5,9-11H,6-8H2,1-2H3. The second-order valence-electron chi connectivity index (χ2n) is 5.32. The molecule has 4 heteroatoms. The molecule has 2 aromatic heterocycles. The van der Waals surface area contributed by atoms with E-state index in [2.05, 4.69) is 24.9 Å². The highest BCUT2D eigenvalue weighted by molar-refractivity contribution is 6.29. The molecule has 1 aliphatic rings. The number of pyridine rings is 1. The molecule has 3 nitrogen and oxygen atoms in total. The van der Waals surface area contributed by atoms with Crippen molar-refractivity contribution in [2.75, 3.05) is 13.1 Å². The maximum atomic E-state index is 6.17. The van der Waals surface area contributed by atoms with Crippen LogP contribution in [-0.4, -0.2) is 33.4 Å². The van der Waals surface area contributed by atoms with E-state index in [9.17, 15) is 0 Å². The van der Waals surface area contributed by atoms with Gasteiger partial charge in [-0.1, -0.05) is 17.7 Å². The summed E-state index contributed by atoms with van der Waals surface area (Å²) in [6, 6.07) is 6.47. The first kappa shape index (κ1) is 12.0. The lowest BCUT2D eigenvalue weighted by Gasteiger charge is -2.19. The Morgan fingerprint density at radius 1 is 1.39 bits per heavy atom. The number of hydrogen-bond donors (Lipinski definition) is 0. The summed E-state index contributed by atoms with van der Waals surface area (Å²) in [5, 5.41) is 0.727. The number of halogens is 1. The van der Waals surface area contributed by atoms with Crippen LogP contribution in [0.2, 0.25) is 5.15 Å². The minimum absolute atomic E-state index is 0.545. The molecule has 18 heavy (non-hydrogen) atoms. The summed E-state index contributed by atoms with van der Waals surface area (Å²) in [5.74, 6) is 0.545. The monoisotopic (exact) mass is 263 g/mol. The summed E-state index contributed by atoms with van der Waals surface area (Å²) in [5.41, 5.74) is 2.12. The summed E-state index contributed by atoms with van der Waals surface area (Å²) >= 11 is 6.17. The highest BCUT2D eigenvalue weighted by atomic mass is 35.5. The molecule has 1 fully saturated rings. The van der Waals surface area contributed by atoms with E-state index >= 15 is 0 Å². The topological polar surface area (TPSA) is 20.5 Å². The normalized spacial score (nSPS) is 21.2. The molecule has 3 rings (SSSR count). The number of likely N-dealkylation sites (tertiary alicyclic amines) is 1. The predicted octanol–water partition coefficient (Wildman–Crippen LogP) is 3.19. The van der Waals surface area contributed by atoms with Crippen molar-refractivity contribution in [1.82, 2.24) is 14.3 Å². The van der Waals surface area contributed by atoms with E-state index < -0.39 is 0 Å². The second kappa shape index (κ2) is 4.56. The zero-order valence-corrected chi connectivity index (χ0v) is 11.6. The van der Waals surface area contributed by atoms with Crippen LogP contribution < -0.4 is 0 Å². The Morgan fingerprint density at radius 3 is 2.89 bits per heavy atom. The zero-order chi connectivity index (χ0) is 12.7. The Labute approximate surface area is 112 Å². The van der Waals surface area contributed by atoms with Gasteiger partial charge >= 0.3 is 0 Å². The van der Waals surface area contributed by atoms with E-state index in [0.29, 0.717) is 12.0 Å². The smallest absolute Gasteiger partial charge is 0.138 e. The molecule has 0 aliphatic carbocycles. The third-order valence-corrected chi connectivity index (χ3v) is 4.14. The largest absolute Gasteiger partial charge is 0.300 e. The summed E-state index contributed by atoms with van der Waals surface area (Å²) in [6.45, 7) is 6.79. The average Bonchev–Trinajstić information content (AvgIpc) is 2.95. The van der Waals surface area contributed by atoms with Crippen LogP contribution in [0.3, 0.4) is 0 Å². The first-order valence-electron chi connectivity index (χ1n) is 6.52. The van der Waals surface area contributed by atoms with E-state index in [-0.39, 0.29) is 0 Å². The van der Waals surface area contributed by atoms with Crippen LogP contribution in [0.25, 0.3) is 5.65 Å². The van der Waals surface area contributed by atoms with Gasteiger partial charge in [0.05, 0.1) is 5.69 Å². The minimum Gasteiger partial charge on any atom is -0.300 e. The molecule has 1 unspecified atom stereocenters. The molecule has 96 valence electrons. The van der Waals surface area contributed by atoms with Gasteiger partial charge in [-0.3, -0.25) is 4.40 Å². The minimum atomic E-state index is 0.545. The van der Waals surface area contributed by atoms with Gasteiger partial charge in [-0.05, 0) is 38.9 Å². The lowest BCUT2D eigenvalue weighted by Crippen LogP contribution is -2.27. The van der Waals surface area contributed by atoms with Crippen LogP contribution >= 0.6 is 11.6 Å². The van der Waals surface area contributed by atoms with Gasteiger partial charge < -0.3 is 4.90 Å². The third-order valence-electron chi connectivity index (χ3n) is 3.83. The summed E-state index contributed by atoms with van der Waals surface area (Å²) in [4.78, 5) is 7.21. The maximum absolute atomic E-state index is 6.17. The van der Waals surface area contributed by atoms with Gasteiger partial charge in [-0.2, -0.15) is 0 Å². The van der Waals surface area contributed by atoms with Crippen molar-refractivity contribution < 1.29 is 0 Å². The number of nitrogens with zero attached hydrogens (tertiary/aromatic N) is 3. The van der Waals surface area contributed by atoms with Crippen LogP contribution in [-0.2, 0) is 0 Å². The molecule has 1 atom stereocenters. The third kappa shape index (κ3) is 2.02. The number of fused-ring (bicyclic) bond motifs is 1. The lowest BCUT2D eigenvalue weighted by atomic mass is 10.1. The highest BCUT2D eigenvalue weighted by Crippen LogP contribution is 2.28. The van der Waals surface area contributed by atoms with E-state index in [0.717, 1.165) is 17.3 Å². The van der Waals surface area contributed by atoms with E-state index in [4.69, 9.17) is 16.6 Å². The van der Waals surface area contributed by atoms with Crippen molar-refractivity contribution in [3.63, 3.8) is 0 Å². The molecular weight excluding hydrogens is 246 g/mol. The van der Waals surface area contributed by atoms with Gasteiger partial charge in [0.15, 0.2) is 0 Å². The van der Waals surface area contributed by atoms with Crippen LogP contribution in [0.15, 0.2) is 24.4 Å². The van der Waals surface area contributed by atoms with Gasteiger partial charge in [0.2, 0.25) is 0 Å². The van der Waals surface area contributed by atoms with E-state index in [1.54, 1.807) is 0 Å². The molecule has 0 saturated carbocycles. The first-order valence-corrected chi connectivity index (χ1v) is 6.90. The van der Waals surface area contributed by atoms with Gasteiger partial charge in [-0.15, -0.1) is 0 Å². The van der Waals surface area contributed by atoms with Crippen LogP contribution in [0, 0.1) is 0 Å². The number of rotatable bonds is 2. The Bertz CT molecular complexity index is 561. The number of hydrogen-bond acceptors (Lipinski definition) is 2. The molecule has 0 bridgehead atoms. The molecule has 0 N–H and O–H groups in total. The van der Waals surface area contributed by atoms with Crippen molar-refractivity contribution in [2.24, 2.45) is 0 Å². The molecule has 0 radical (unpaired) electrons. The zero-order valence-electron chi connectivity index (χ0n) is 10.8. The van der Waals surface area contributed by atoms with Gasteiger partial charge in [0.25, 0.3) is 0 Å². The van der Waals surface area contributed by atoms with Crippen molar-refractivity contribution >= 4 is 17.2 Å². The Balaban J connectivity index is 1.89.